The Hall–Kier alpha value is -4.00. The number of aromatic nitrogens is 3. The molecule has 0 unspecified atom stereocenters. The summed E-state index contributed by atoms with van der Waals surface area (Å²) in [4.78, 5) is 17.7. The third-order valence-corrected chi connectivity index (χ3v) is 5.74. The lowest BCUT2D eigenvalue weighted by Gasteiger charge is -2.20. The predicted molar refractivity (Wildman–Crippen MR) is 118 cm³/mol. The number of carboxylic acid groups (broad SMARTS) is 1. The van der Waals surface area contributed by atoms with Gasteiger partial charge in [0.25, 0.3) is 0 Å². The fourth-order valence-corrected chi connectivity index (χ4v) is 4.13. The number of aryl methyl sites for hydroxylation is 1. The predicted octanol–water partition coefficient (Wildman–Crippen LogP) is 4.67. The monoisotopic (exact) mass is 414 g/mol. The Morgan fingerprint density at radius 3 is 2.77 bits per heavy atom. The molecule has 1 aliphatic carbocycles. The van der Waals surface area contributed by atoms with Crippen molar-refractivity contribution in [3.05, 3.63) is 83.1 Å². The van der Waals surface area contributed by atoms with Crippen LogP contribution in [0.4, 0.5) is 15.8 Å². The Balaban J connectivity index is 1.55. The van der Waals surface area contributed by atoms with E-state index >= 15 is 0 Å². The molecule has 5 rings (SSSR count). The first kappa shape index (κ1) is 19.0. The van der Waals surface area contributed by atoms with Gasteiger partial charge in [0, 0.05) is 37.8 Å². The van der Waals surface area contributed by atoms with E-state index in [0.29, 0.717) is 23.4 Å². The maximum Gasteiger partial charge on any atom is 0.336 e. The van der Waals surface area contributed by atoms with E-state index < -0.39 is 5.97 Å². The number of rotatable bonds is 4. The van der Waals surface area contributed by atoms with Crippen LogP contribution in [0.25, 0.3) is 22.6 Å². The van der Waals surface area contributed by atoms with Crippen LogP contribution < -0.4 is 4.90 Å². The molecule has 2 heterocycles. The summed E-state index contributed by atoms with van der Waals surface area (Å²) in [5.41, 5.74) is 5.61. The van der Waals surface area contributed by atoms with Gasteiger partial charge in [-0.05, 0) is 53.6 Å². The average Bonchev–Trinajstić information content (AvgIpc) is 3.34. The van der Waals surface area contributed by atoms with E-state index in [-0.39, 0.29) is 11.4 Å². The standard InChI is InChI=1S/C24H19FN4O2/c1-28(21-6-4-3-5-19(21)25)15-7-8-17-22(13-15)29(2)27-23(17)14-11-18-16(24(30)31)9-10-26-20(18)12-14/h3-10,12-13H,11H2,1-2H3,(H,30,31). The van der Waals surface area contributed by atoms with E-state index in [9.17, 15) is 14.3 Å². The molecule has 0 aliphatic heterocycles. The van der Waals surface area contributed by atoms with Crippen molar-refractivity contribution in [2.45, 2.75) is 6.42 Å². The molecule has 154 valence electrons. The summed E-state index contributed by atoms with van der Waals surface area (Å²) < 4.78 is 16.0. The average molecular weight is 414 g/mol. The number of allylic oxidation sites excluding steroid dienone is 1. The second-order valence-corrected chi connectivity index (χ2v) is 7.56. The molecule has 2 aromatic carbocycles. The second kappa shape index (κ2) is 7.05. The highest BCUT2D eigenvalue weighted by atomic mass is 19.1. The number of hydrogen-bond donors (Lipinski definition) is 1. The number of anilines is 2. The number of benzene rings is 2. The molecule has 2 aromatic heterocycles. The van der Waals surface area contributed by atoms with Gasteiger partial charge in [-0.25, -0.2) is 9.18 Å². The van der Waals surface area contributed by atoms with E-state index in [1.165, 1.54) is 18.3 Å². The van der Waals surface area contributed by atoms with Gasteiger partial charge in [-0.3, -0.25) is 9.67 Å². The van der Waals surface area contributed by atoms with E-state index in [1.807, 2.05) is 38.4 Å². The molecule has 0 bridgehead atoms. The summed E-state index contributed by atoms with van der Waals surface area (Å²) in [6.45, 7) is 0. The van der Waals surface area contributed by atoms with E-state index in [2.05, 4.69) is 4.98 Å². The maximum absolute atomic E-state index is 14.2. The minimum atomic E-state index is -0.958. The number of aromatic carboxylic acids is 1. The molecule has 0 spiro atoms. The number of nitrogens with zero attached hydrogens (tertiary/aromatic N) is 4. The lowest BCUT2D eigenvalue weighted by molar-refractivity contribution is 0.0695. The molecule has 1 aliphatic rings. The van der Waals surface area contributed by atoms with Crippen LogP contribution in [0.15, 0.2) is 54.7 Å². The first-order chi connectivity index (χ1) is 14.9. The van der Waals surface area contributed by atoms with Crippen molar-refractivity contribution in [2.24, 2.45) is 7.05 Å². The van der Waals surface area contributed by atoms with Gasteiger partial charge in [0.2, 0.25) is 0 Å². The number of hydrogen-bond acceptors (Lipinski definition) is 4. The van der Waals surface area contributed by atoms with Gasteiger partial charge >= 0.3 is 5.97 Å². The molecule has 7 heteroatoms. The number of fused-ring (bicyclic) bond motifs is 2. The molecular formula is C24H19FN4O2. The summed E-state index contributed by atoms with van der Waals surface area (Å²) in [5, 5.41) is 15.1. The first-order valence-electron chi connectivity index (χ1n) is 9.81. The minimum absolute atomic E-state index is 0.269. The quantitative estimate of drug-likeness (QED) is 0.525. The van der Waals surface area contributed by atoms with E-state index in [1.54, 1.807) is 27.8 Å². The molecule has 6 nitrogen and oxygen atoms in total. The Kier molecular flexibility index (Phi) is 4.32. The van der Waals surface area contributed by atoms with Gasteiger partial charge in [-0.1, -0.05) is 12.1 Å². The third-order valence-electron chi connectivity index (χ3n) is 5.74. The first-order valence-corrected chi connectivity index (χ1v) is 9.81. The SMILES string of the molecule is CN(c1ccc2c(C3=Cc4nccc(C(=O)O)c4C3)nn(C)c2c1)c1ccccc1F. The third kappa shape index (κ3) is 3.06. The van der Waals surface area contributed by atoms with Gasteiger partial charge < -0.3 is 10.0 Å². The fourth-order valence-electron chi connectivity index (χ4n) is 4.13. The molecule has 31 heavy (non-hydrogen) atoms. The Labute approximate surface area is 177 Å². The molecule has 1 N–H and O–H groups in total. The summed E-state index contributed by atoms with van der Waals surface area (Å²) in [5.74, 6) is -1.24. The van der Waals surface area contributed by atoms with E-state index in [0.717, 1.165) is 27.9 Å². The molecule has 0 saturated carbocycles. The van der Waals surface area contributed by atoms with Crippen molar-refractivity contribution in [2.75, 3.05) is 11.9 Å². The van der Waals surface area contributed by atoms with Crippen LogP contribution in [0.5, 0.6) is 0 Å². The Bertz CT molecular complexity index is 1390. The van der Waals surface area contributed by atoms with Crippen LogP contribution in [-0.2, 0) is 13.5 Å². The molecule has 0 fully saturated rings. The lowest BCUT2D eigenvalue weighted by atomic mass is 10.0. The summed E-state index contributed by atoms with van der Waals surface area (Å²) in [6.07, 6.45) is 3.89. The van der Waals surface area contributed by atoms with Crippen LogP contribution in [0.3, 0.4) is 0 Å². The zero-order valence-electron chi connectivity index (χ0n) is 17.0. The Morgan fingerprint density at radius 2 is 2.00 bits per heavy atom. The molecule has 4 aromatic rings. The molecule has 0 radical (unpaired) electrons. The van der Waals surface area contributed by atoms with Crippen molar-refractivity contribution in [3.63, 3.8) is 0 Å². The van der Waals surface area contributed by atoms with Crippen LogP contribution in [0.2, 0.25) is 0 Å². The highest BCUT2D eigenvalue weighted by Gasteiger charge is 2.24. The summed E-state index contributed by atoms with van der Waals surface area (Å²) in [7, 11) is 3.69. The molecular weight excluding hydrogens is 395 g/mol. The molecule has 0 amide bonds. The van der Waals surface area contributed by atoms with Gasteiger partial charge in [0.1, 0.15) is 5.82 Å². The Morgan fingerprint density at radius 1 is 1.19 bits per heavy atom. The van der Waals surface area contributed by atoms with Gasteiger partial charge in [-0.2, -0.15) is 5.10 Å². The molecule has 0 saturated heterocycles. The zero-order chi connectivity index (χ0) is 21.7. The van der Waals surface area contributed by atoms with Crippen molar-refractivity contribution in [1.29, 1.82) is 0 Å². The normalized spacial score (nSPS) is 12.7. The van der Waals surface area contributed by atoms with Crippen molar-refractivity contribution < 1.29 is 14.3 Å². The largest absolute Gasteiger partial charge is 0.478 e. The smallest absolute Gasteiger partial charge is 0.336 e. The zero-order valence-corrected chi connectivity index (χ0v) is 17.0. The van der Waals surface area contributed by atoms with Crippen LogP contribution >= 0.6 is 0 Å². The van der Waals surface area contributed by atoms with E-state index in [4.69, 9.17) is 5.10 Å². The van der Waals surface area contributed by atoms with Crippen LogP contribution in [0.1, 0.15) is 27.3 Å². The van der Waals surface area contributed by atoms with Crippen molar-refractivity contribution in [1.82, 2.24) is 14.8 Å². The summed E-state index contributed by atoms with van der Waals surface area (Å²) >= 11 is 0. The van der Waals surface area contributed by atoms with Gasteiger partial charge in [0.15, 0.2) is 0 Å². The highest BCUT2D eigenvalue weighted by molar-refractivity contribution is 6.01. The highest BCUT2D eigenvalue weighted by Crippen LogP contribution is 2.36. The maximum atomic E-state index is 14.2. The minimum Gasteiger partial charge on any atom is -0.478 e. The summed E-state index contributed by atoms with van der Waals surface area (Å²) in [6, 6.07) is 14.1. The number of carbonyl (C=O) groups is 1. The number of para-hydroxylation sites is 1. The van der Waals surface area contributed by atoms with Crippen molar-refractivity contribution >= 4 is 39.9 Å². The fraction of sp³-hybridized carbons (Fsp3) is 0.125. The van der Waals surface area contributed by atoms with Crippen LogP contribution in [-0.4, -0.2) is 32.9 Å². The number of pyridine rings is 1. The van der Waals surface area contributed by atoms with Gasteiger partial charge in [0.05, 0.1) is 28.2 Å². The number of halogens is 1. The number of carboxylic acids is 1. The second-order valence-electron chi connectivity index (χ2n) is 7.56. The van der Waals surface area contributed by atoms with Crippen molar-refractivity contribution in [3.8, 4) is 0 Å². The van der Waals surface area contributed by atoms with Crippen LogP contribution in [0, 0.1) is 5.82 Å². The lowest BCUT2D eigenvalue weighted by Crippen LogP contribution is -2.11. The molecule has 0 atom stereocenters. The topological polar surface area (TPSA) is 71.2 Å². The van der Waals surface area contributed by atoms with Gasteiger partial charge in [-0.15, -0.1) is 0 Å².